The van der Waals surface area contributed by atoms with Crippen LogP contribution in [-0.4, -0.2) is 59.9 Å². The number of esters is 1. The van der Waals surface area contributed by atoms with Gasteiger partial charge in [0.1, 0.15) is 38.4 Å². The lowest BCUT2D eigenvalue weighted by atomic mass is 10.00. The number of aromatic nitrogens is 2. The van der Waals surface area contributed by atoms with Crippen molar-refractivity contribution in [1.82, 2.24) is 9.55 Å². The van der Waals surface area contributed by atoms with Crippen molar-refractivity contribution in [3.05, 3.63) is 209 Å². The number of ketones is 1. The molecule has 0 aliphatic carbocycles. The van der Waals surface area contributed by atoms with Gasteiger partial charge in [-0.25, -0.2) is 22.9 Å². The summed E-state index contributed by atoms with van der Waals surface area (Å²) in [6.07, 6.45) is 6.69. The van der Waals surface area contributed by atoms with Crippen LogP contribution in [0.4, 0.5) is 24.5 Å². The molecular formula is C53H44Br3F3N6O4Si. The summed E-state index contributed by atoms with van der Waals surface area (Å²) in [5, 5.41) is 2.77. The van der Waals surface area contributed by atoms with E-state index in [1.165, 1.54) is 30.3 Å². The molecule has 356 valence electrons. The molecule has 10 nitrogen and oxygen atoms in total. The number of carbonyl (C=O) groups excluding carboxylic acids is 3. The van der Waals surface area contributed by atoms with Crippen LogP contribution in [0.15, 0.2) is 157 Å². The fourth-order valence-electron chi connectivity index (χ4n) is 6.78. The SMILES string of the molecule is C#C[Si](C)(C)C.CCOC(=O)c1ncn2c1CN=C(c1ccccc1F)c1cc(Br)ccc1-2.Nc1ccc(Br)cc1C(=O)c1ccccc1F.O=C1CN=C(c2ccccc2F)c2cc(Br)ccc2N1. The van der Waals surface area contributed by atoms with Crippen molar-refractivity contribution in [3.63, 3.8) is 0 Å². The second-order valence-electron chi connectivity index (χ2n) is 16.3. The Balaban J connectivity index is 0.000000167. The van der Waals surface area contributed by atoms with E-state index in [9.17, 15) is 27.6 Å². The number of nitrogens with one attached hydrogen (secondary N) is 1. The van der Waals surface area contributed by atoms with Crippen LogP contribution in [0.1, 0.15) is 61.3 Å². The van der Waals surface area contributed by atoms with E-state index in [0.717, 1.165) is 24.7 Å². The summed E-state index contributed by atoms with van der Waals surface area (Å²) in [5.74, 6) is -2.36. The van der Waals surface area contributed by atoms with Crippen molar-refractivity contribution in [2.45, 2.75) is 33.1 Å². The fraction of sp³-hybridized carbons (Fsp3) is 0.132. The molecule has 0 saturated carbocycles. The minimum atomic E-state index is -1.10. The van der Waals surface area contributed by atoms with Crippen molar-refractivity contribution in [2.24, 2.45) is 9.98 Å². The summed E-state index contributed by atoms with van der Waals surface area (Å²) in [6, 6.07) is 34.8. The van der Waals surface area contributed by atoms with Gasteiger partial charge in [-0.1, -0.05) is 104 Å². The number of amides is 1. The summed E-state index contributed by atoms with van der Waals surface area (Å²) in [4.78, 5) is 49.1. The number of fused-ring (bicyclic) bond motifs is 4. The summed E-state index contributed by atoms with van der Waals surface area (Å²) < 4.78 is 51.3. The Morgan fingerprint density at radius 2 is 1.26 bits per heavy atom. The standard InChI is InChI=1S/C20H15BrFN3O2.C15H10BrFN2O.C13H9BrFNO.C5H10Si/c1-2-27-20(26)19-17-10-23-18(13-5-3-4-6-15(13)22)14-9-12(21)7-8-16(14)25(17)11-24-19;16-9-5-6-13-11(7-9)15(18-8-14(20)19-13)10-3-1-2-4-12(10)17;14-8-5-6-12(16)10(7-8)13(17)9-3-1-2-4-11(9)15;1-5-6(2,3)4/h3-9,11H,2,10H2,1H3;1-7H,8H2,(H,19,20);1-7H,16H2;1H,2-4H3. The maximum absolute atomic E-state index is 14.5. The second kappa shape index (κ2) is 23.7. The van der Waals surface area contributed by atoms with E-state index in [4.69, 9.17) is 16.9 Å². The first-order valence-electron chi connectivity index (χ1n) is 21.4. The number of ether oxygens (including phenoxy) is 1. The van der Waals surface area contributed by atoms with Crippen molar-refractivity contribution < 1.29 is 32.3 Å². The number of rotatable bonds is 6. The molecule has 0 bridgehead atoms. The number of hydrogen-bond acceptors (Lipinski definition) is 8. The number of terminal acetylenes is 1. The van der Waals surface area contributed by atoms with Gasteiger partial charge in [0.25, 0.3) is 0 Å². The number of imidazole rings is 1. The Hall–Kier alpha value is -6.71. The number of anilines is 2. The monoisotopic (exact) mass is 1150 g/mol. The first-order chi connectivity index (χ1) is 33.4. The molecule has 2 aliphatic heterocycles. The molecule has 9 rings (SSSR count). The number of nitrogen functional groups attached to an aromatic ring is 1. The lowest BCUT2D eigenvalue weighted by molar-refractivity contribution is -0.114. The fourth-order valence-corrected chi connectivity index (χ4v) is 7.86. The molecule has 0 saturated heterocycles. The molecule has 0 atom stereocenters. The van der Waals surface area contributed by atoms with Gasteiger partial charge < -0.3 is 15.8 Å². The Morgan fingerprint density at radius 3 is 1.86 bits per heavy atom. The number of hydrogen-bond donors (Lipinski definition) is 2. The maximum Gasteiger partial charge on any atom is 0.358 e. The normalized spacial score (nSPS) is 12.3. The minimum absolute atomic E-state index is 0.0179. The second-order valence-corrected chi connectivity index (χ2v) is 23.8. The molecule has 1 amide bonds. The van der Waals surface area contributed by atoms with E-state index in [1.807, 2.05) is 34.9 Å². The molecule has 6 aromatic carbocycles. The molecule has 0 fully saturated rings. The zero-order chi connectivity index (χ0) is 50.7. The van der Waals surface area contributed by atoms with Gasteiger partial charge in [-0.2, -0.15) is 0 Å². The highest BCUT2D eigenvalue weighted by Crippen LogP contribution is 2.31. The highest BCUT2D eigenvalue weighted by Gasteiger charge is 2.27. The first-order valence-corrected chi connectivity index (χ1v) is 27.3. The van der Waals surface area contributed by atoms with Crippen LogP contribution in [0, 0.1) is 29.4 Å². The first kappa shape index (κ1) is 52.7. The number of nitrogens with two attached hydrogens (primary N) is 1. The number of aliphatic imine (C=N–C) groups is 2. The Kier molecular flexibility index (Phi) is 17.9. The van der Waals surface area contributed by atoms with Gasteiger partial charge >= 0.3 is 5.97 Å². The largest absolute Gasteiger partial charge is 0.461 e. The van der Waals surface area contributed by atoms with Gasteiger partial charge in [0.2, 0.25) is 5.91 Å². The van der Waals surface area contributed by atoms with Crippen LogP contribution in [-0.2, 0) is 16.1 Å². The van der Waals surface area contributed by atoms with E-state index >= 15 is 0 Å². The van der Waals surface area contributed by atoms with Gasteiger partial charge in [-0.15, -0.1) is 12.0 Å². The third-order valence-electron chi connectivity index (χ3n) is 10.2. The Labute approximate surface area is 429 Å². The van der Waals surface area contributed by atoms with E-state index < -0.39 is 25.6 Å². The smallest absolute Gasteiger partial charge is 0.358 e. The predicted molar refractivity (Wildman–Crippen MR) is 283 cm³/mol. The highest BCUT2D eigenvalue weighted by molar-refractivity contribution is 9.11. The van der Waals surface area contributed by atoms with Crippen molar-refractivity contribution in [2.75, 3.05) is 24.2 Å². The third-order valence-corrected chi connectivity index (χ3v) is 12.5. The van der Waals surface area contributed by atoms with Crippen LogP contribution in [0.3, 0.4) is 0 Å². The summed E-state index contributed by atoms with van der Waals surface area (Å²) in [6.45, 7) is 8.61. The molecule has 0 unspecified atom stereocenters. The quantitative estimate of drug-likeness (QED) is 0.0558. The summed E-state index contributed by atoms with van der Waals surface area (Å²) in [7, 11) is -1.10. The van der Waals surface area contributed by atoms with Gasteiger partial charge in [-0.05, 0) is 97.9 Å². The van der Waals surface area contributed by atoms with Gasteiger partial charge in [0, 0.05) is 46.9 Å². The molecule has 3 N–H and O–H groups in total. The number of halogens is 6. The molecule has 70 heavy (non-hydrogen) atoms. The molecule has 0 spiro atoms. The van der Waals surface area contributed by atoms with Crippen molar-refractivity contribution in [3.8, 4) is 17.7 Å². The molecule has 7 aromatic rings. The predicted octanol–water partition coefficient (Wildman–Crippen LogP) is 12.6. The van der Waals surface area contributed by atoms with Gasteiger partial charge in [-0.3, -0.25) is 24.1 Å². The van der Waals surface area contributed by atoms with Gasteiger partial charge in [0.05, 0.1) is 47.2 Å². The summed E-state index contributed by atoms with van der Waals surface area (Å²) in [5.41, 5.74) is 14.6. The number of benzene rings is 6. The topological polar surface area (TPSA) is 141 Å². The van der Waals surface area contributed by atoms with Crippen molar-refractivity contribution >= 4 is 96.3 Å². The molecule has 0 radical (unpaired) electrons. The molecule has 17 heteroatoms. The lowest BCUT2D eigenvalue weighted by Crippen LogP contribution is -2.15. The summed E-state index contributed by atoms with van der Waals surface area (Å²) >= 11 is 10.1. The molecule has 1 aromatic heterocycles. The van der Waals surface area contributed by atoms with Crippen LogP contribution in [0.25, 0.3) is 5.69 Å². The third kappa shape index (κ3) is 13.1. The highest BCUT2D eigenvalue weighted by atomic mass is 79.9. The Morgan fingerprint density at radius 1 is 0.729 bits per heavy atom. The van der Waals surface area contributed by atoms with Crippen LogP contribution < -0.4 is 11.1 Å². The molecule has 3 heterocycles. The Bertz CT molecular complexity index is 3220. The van der Waals surface area contributed by atoms with E-state index in [-0.39, 0.29) is 48.5 Å². The minimum Gasteiger partial charge on any atom is -0.461 e. The maximum atomic E-state index is 14.5. The molecular weight excluding hydrogens is 1110 g/mol. The average molecular weight is 1150 g/mol. The van der Waals surface area contributed by atoms with Crippen LogP contribution in [0.2, 0.25) is 19.6 Å². The van der Waals surface area contributed by atoms with Crippen molar-refractivity contribution in [1.29, 1.82) is 0 Å². The van der Waals surface area contributed by atoms with E-state index in [0.29, 0.717) is 50.7 Å². The van der Waals surface area contributed by atoms with Crippen LogP contribution >= 0.6 is 47.8 Å². The number of carbonyl (C=O) groups is 3. The van der Waals surface area contributed by atoms with Crippen LogP contribution in [0.5, 0.6) is 0 Å². The van der Waals surface area contributed by atoms with E-state index in [2.05, 4.69) is 93.3 Å². The number of benzodiazepines with no additional fused rings is 1. The average Bonchev–Trinajstić information content (AvgIpc) is 3.60. The van der Waals surface area contributed by atoms with Gasteiger partial charge in [0.15, 0.2) is 11.5 Å². The lowest BCUT2D eigenvalue weighted by Gasteiger charge is -2.12. The molecule has 2 aliphatic rings. The number of nitrogens with zero attached hydrogens (tertiary/aromatic N) is 4. The zero-order valence-corrected chi connectivity index (χ0v) is 43.9. The zero-order valence-electron chi connectivity index (χ0n) is 38.2. The van der Waals surface area contributed by atoms with E-state index in [1.54, 1.807) is 80.0 Å².